The van der Waals surface area contributed by atoms with E-state index in [-0.39, 0.29) is 0 Å². The van der Waals surface area contributed by atoms with Gasteiger partial charge in [-0.15, -0.1) is 11.3 Å². The van der Waals surface area contributed by atoms with Crippen LogP contribution in [0.15, 0.2) is 182 Å². The average Bonchev–Trinajstić information content (AvgIpc) is 3.80. The second-order valence-corrected chi connectivity index (χ2v) is 13.7. The molecule has 1 aliphatic rings. The number of allylic oxidation sites excluding steroid dienone is 6. The van der Waals surface area contributed by atoms with E-state index >= 15 is 0 Å². The molecule has 1 aliphatic carbocycles. The van der Waals surface area contributed by atoms with E-state index in [1.807, 2.05) is 12.1 Å². The van der Waals surface area contributed by atoms with Gasteiger partial charge in [-0.2, -0.15) is 0 Å². The number of thiophene rings is 1. The van der Waals surface area contributed by atoms with Crippen molar-refractivity contribution in [1.29, 1.82) is 0 Å². The fraction of sp³-hybridized carbons (Fsp3) is 0.0213. The van der Waals surface area contributed by atoms with Gasteiger partial charge in [0.2, 0.25) is 5.95 Å². The van der Waals surface area contributed by atoms with Crippen LogP contribution in [0.25, 0.3) is 72.2 Å². The largest absolute Gasteiger partial charge is 0.278 e. The minimum Gasteiger partial charge on any atom is -0.278 e. The first kappa shape index (κ1) is 30.7. The van der Waals surface area contributed by atoms with Crippen molar-refractivity contribution in [3.63, 3.8) is 0 Å². The van der Waals surface area contributed by atoms with Crippen molar-refractivity contribution in [1.82, 2.24) is 14.5 Å². The summed E-state index contributed by atoms with van der Waals surface area (Å²) in [5.41, 5.74) is 11.8. The first-order valence-corrected chi connectivity index (χ1v) is 18.0. The van der Waals surface area contributed by atoms with E-state index in [9.17, 15) is 0 Å². The van der Waals surface area contributed by atoms with Crippen LogP contribution in [-0.4, -0.2) is 14.5 Å². The highest BCUT2D eigenvalue weighted by molar-refractivity contribution is 7.16. The van der Waals surface area contributed by atoms with Gasteiger partial charge in [0, 0.05) is 31.7 Å². The minimum atomic E-state index is 0.641. The molecule has 0 radical (unpaired) electrons. The zero-order valence-electron chi connectivity index (χ0n) is 27.9. The Hall–Kier alpha value is -6.36. The molecule has 0 saturated heterocycles. The van der Waals surface area contributed by atoms with Gasteiger partial charge in [0.05, 0.1) is 22.4 Å². The molecule has 3 heterocycles. The van der Waals surface area contributed by atoms with Crippen molar-refractivity contribution in [2.45, 2.75) is 6.42 Å². The Morgan fingerprint density at radius 3 is 2.02 bits per heavy atom. The van der Waals surface area contributed by atoms with Crippen LogP contribution in [0.2, 0.25) is 0 Å². The lowest BCUT2D eigenvalue weighted by atomic mass is 9.99. The molecule has 0 unspecified atom stereocenters. The highest BCUT2D eigenvalue weighted by atomic mass is 32.1. The van der Waals surface area contributed by atoms with Gasteiger partial charge in [-0.25, -0.2) is 9.97 Å². The molecule has 9 rings (SSSR count). The first-order chi connectivity index (χ1) is 25.2. The van der Waals surface area contributed by atoms with Crippen LogP contribution in [0.5, 0.6) is 0 Å². The molecule has 3 aromatic heterocycles. The molecule has 0 fully saturated rings. The second kappa shape index (κ2) is 13.2. The normalized spacial score (nSPS) is 14.3. The van der Waals surface area contributed by atoms with Crippen LogP contribution in [0.4, 0.5) is 0 Å². The Bertz CT molecular complexity index is 2650. The van der Waals surface area contributed by atoms with Crippen molar-refractivity contribution < 1.29 is 0 Å². The van der Waals surface area contributed by atoms with Crippen LogP contribution in [0.3, 0.4) is 0 Å². The Balaban J connectivity index is 1.27. The minimum absolute atomic E-state index is 0.641. The zero-order chi connectivity index (χ0) is 34.1. The van der Waals surface area contributed by atoms with Crippen molar-refractivity contribution in [2.24, 2.45) is 0 Å². The summed E-state index contributed by atoms with van der Waals surface area (Å²) in [5.74, 6) is 0.641. The van der Waals surface area contributed by atoms with Crippen LogP contribution < -0.4 is 0 Å². The smallest absolute Gasteiger partial charge is 0.235 e. The molecular weight excluding hydrogens is 639 g/mol. The fourth-order valence-electron chi connectivity index (χ4n) is 6.97. The van der Waals surface area contributed by atoms with E-state index < -0.39 is 0 Å². The number of fused-ring (bicyclic) bond motifs is 4. The van der Waals surface area contributed by atoms with Crippen molar-refractivity contribution in [3.8, 4) is 38.8 Å². The lowest BCUT2D eigenvalue weighted by Crippen LogP contribution is -2.06. The van der Waals surface area contributed by atoms with Gasteiger partial charge in [-0.05, 0) is 64.6 Å². The standard InChI is InChI=1S/C47H33N3S/c1-32-15-5-2-10-20-38-37-21-12-14-24-42(37)50(43(38)31-40(32)45-30-29-44(51-45)35-18-8-4-9-19-35)47-48-41-23-13-11-22-39(41)46(49-47)36-27-25-34(26-28-36)33-16-6-3-7-17-33/h2-19,21-31H,1,20H2/b10-2-,15-5-,40-31?. The Morgan fingerprint density at radius 1 is 0.569 bits per heavy atom. The van der Waals surface area contributed by atoms with Gasteiger partial charge in [-0.3, -0.25) is 4.57 Å². The number of para-hydroxylation sites is 2. The van der Waals surface area contributed by atoms with Crippen molar-refractivity contribution >= 4 is 44.8 Å². The highest BCUT2D eigenvalue weighted by Gasteiger charge is 2.22. The third kappa shape index (κ3) is 5.76. The molecule has 4 heteroatoms. The quantitative estimate of drug-likeness (QED) is 0.182. The maximum absolute atomic E-state index is 5.40. The van der Waals surface area contributed by atoms with Crippen LogP contribution in [0.1, 0.15) is 16.1 Å². The van der Waals surface area contributed by atoms with E-state index in [4.69, 9.17) is 9.97 Å². The average molecular weight is 672 g/mol. The highest BCUT2D eigenvalue weighted by Crippen LogP contribution is 2.39. The van der Waals surface area contributed by atoms with Gasteiger partial charge in [0.15, 0.2) is 0 Å². The summed E-state index contributed by atoms with van der Waals surface area (Å²) in [6.07, 6.45) is 11.6. The molecule has 8 aromatic rings. The summed E-state index contributed by atoms with van der Waals surface area (Å²) in [4.78, 5) is 13.0. The van der Waals surface area contributed by atoms with Gasteiger partial charge >= 0.3 is 0 Å². The number of hydrogen-bond acceptors (Lipinski definition) is 3. The molecule has 242 valence electrons. The number of aromatic nitrogens is 3. The molecule has 51 heavy (non-hydrogen) atoms. The summed E-state index contributed by atoms with van der Waals surface area (Å²) in [7, 11) is 0. The summed E-state index contributed by atoms with van der Waals surface area (Å²) in [6.45, 7) is 4.56. The molecule has 5 aromatic carbocycles. The number of hydrogen-bond donors (Lipinski definition) is 0. The van der Waals surface area contributed by atoms with E-state index in [1.54, 1.807) is 11.3 Å². The third-order valence-corrected chi connectivity index (χ3v) is 10.7. The summed E-state index contributed by atoms with van der Waals surface area (Å²) < 4.78 is 2.25. The number of benzene rings is 5. The maximum Gasteiger partial charge on any atom is 0.235 e. The van der Waals surface area contributed by atoms with Crippen molar-refractivity contribution in [2.75, 3.05) is 0 Å². The van der Waals surface area contributed by atoms with Gasteiger partial charge in [0.25, 0.3) is 0 Å². The predicted molar refractivity (Wildman–Crippen MR) is 216 cm³/mol. The fourth-order valence-corrected chi connectivity index (χ4v) is 8.03. The van der Waals surface area contributed by atoms with Crippen LogP contribution in [-0.2, 0) is 6.42 Å². The summed E-state index contributed by atoms with van der Waals surface area (Å²) >= 11 is 1.79. The van der Waals surface area contributed by atoms with E-state index in [0.29, 0.717) is 5.95 Å². The lowest BCUT2D eigenvalue weighted by molar-refractivity contribution is 0.965. The summed E-state index contributed by atoms with van der Waals surface area (Å²) in [5, 5.41) is 2.20. The molecule has 0 aliphatic heterocycles. The van der Waals surface area contributed by atoms with Crippen LogP contribution >= 0.6 is 11.3 Å². The Labute approximate surface area is 301 Å². The molecule has 0 spiro atoms. The van der Waals surface area contributed by atoms with E-state index in [1.165, 1.54) is 32.5 Å². The molecule has 0 saturated carbocycles. The maximum atomic E-state index is 5.40. The first-order valence-electron chi connectivity index (χ1n) is 17.2. The Kier molecular flexibility index (Phi) is 7.92. The third-order valence-electron chi connectivity index (χ3n) is 9.50. The van der Waals surface area contributed by atoms with Gasteiger partial charge in [-0.1, -0.05) is 152 Å². The monoisotopic (exact) mass is 671 g/mol. The molecular formula is C47H33N3S. The molecule has 0 bridgehead atoms. The predicted octanol–water partition coefficient (Wildman–Crippen LogP) is 12.4. The molecule has 0 amide bonds. The molecule has 0 N–H and O–H groups in total. The SMILES string of the molecule is C=C1/C=C\C=C/Cc2c(n(-c3nc(-c4ccc(-c5ccccc5)cc4)c4ccccc4n3)c3ccccc23)C=C1c1ccc(-c2ccccc2)s1. The van der Waals surface area contributed by atoms with Crippen LogP contribution in [0, 0.1) is 0 Å². The topological polar surface area (TPSA) is 30.7 Å². The van der Waals surface area contributed by atoms with Gasteiger partial charge in [0.1, 0.15) is 0 Å². The van der Waals surface area contributed by atoms with E-state index in [0.717, 1.165) is 55.8 Å². The number of nitrogens with zero attached hydrogens (tertiary/aromatic N) is 3. The second-order valence-electron chi connectivity index (χ2n) is 12.7. The number of rotatable bonds is 5. The summed E-state index contributed by atoms with van der Waals surface area (Å²) in [6, 6.07) is 51.1. The lowest BCUT2D eigenvalue weighted by Gasteiger charge is -2.14. The molecule has 0 atom stereocenters. The van der Waals surface area contributed by atoms with Gasteiger partial charge < -0.3 is 0 Å². The molecule has 3 nitrogen and oxygen atoms in total. The van der Waals surface area contributed by atoms with Crippen molar-refractivity contribution in [3.05, 3.63) is 198 Å². The Morgan fingerprint density at radius 2 is 1.22 bits per heavy atom. The zero-order valence-corrected chi connectivity index (χ0v) is 28.7. The van der Waals surface area contributed by atoms with E-state index in [2.05, 4.69) is 175 Å².